The van der Waals surface area contributed by atoms with Gasteiger partial charge in [-0.05, 0) is 17.7 Å². The molecule has 0 saturated carbocycles. The first-order valence-corrected chi connectivity index (χ1v) is 4.84. The summed E-state index contributed by atoms with van der Waals surface area (Å²) in [5.41, 5.74) is 1.15. The van der Waals surface area contributed by atoms with E-state index in [1.807, 2.05) is 24.3 Å². The summed E-state index contributed by atoms with van der Waals surface area (Å²) in [6.45, 7) is 1.07. The number of rotatable bonds is 2. The summed E-state index contributed by atoms with van der Waals surface area (Å²) < 4.78 is 9.99. The van der Waals surface area contributed by atoms with Gasteiger partial charge in [-0.2, -0.15) is 0 Å². The van der Waals surface area contributed by atoms with E-state index in [1.54, 1.807) is 7.11 Å². The number of amides is 1. The van der Waals surface area contributed by atoms with Crippen molar-refractivity contribution in [2.24, 2.45) is 0 Å². The van der Waals surface area contributed by atoms with Gasteiger partial charge in [0.25, 0.3) is 0 Å². The highest BCUT2D eigenvalue weighted by molar-refractivity contribution is 5.68. The topological polar surface area (TPSA) is 47.6 Å². The first-order chi connectivity index (χ1) is 7.29. The fraction of sp³-hybridized carbons (Fsp3) is 0.364. The smallest absolute Gasteiger partial charge is 0.407 e. The minimum Gasteiger partial charge on any atom is -0.497 e. The van der Waals surface area contributed by atoms with Crippen molar-refractivity contribution in [3.63, 3.8) is 0 Å². The summed E-state index contributed by atoms with van der Waals surface area (Å²) in [7, 11) is 1.64. The highest BCUT2D eigenvalue weighted by Gasteiger charge is 2.20. The number of alkyl carbamates (subject to hydrolysis) is 1. The Labute approximate surface area is 88.2 Å². The highest BCUT2D eigenvalue weighted by atomic mass is 16.6. The Morgan fingerprint density at radius 2 is 2.13 bits per heavy atom. The Kier molecular flexibility index (Phi) is 2.76. The molecule has 0 spiro atoms. The van der Waals surface area contributed by atoms with E-state index < -0.39 is 0 Å². The summed E-state index contributed by atoms with van der Waals surface area (Å²) in [6.07, 6.45) is -0.334. The van der Waals surface area contributed by atoms with Crippen molar-refractivity contribution < 1.29 is 14.3 Å². The minimum atomic E-state index is -0.334. The molecule has 1 heterocycles. The maximum absolute atomic E-state index is 10.8. The van der Waals surface area contributed by atoms with Crippen molar-refractivity contribution in [3.8, 4) is 5.75 Å². The molecule has 1 aromatic rings. The van der Waals surface area contributed by atoms with Gasteiger partial charge < -0.3 is 14.8 Å². The van der Waals surface area contributed by atoms with Crippen LogP contribution in [-0.2, 0) is 4.74 Å². The molecule has 0 aliphatic carbocycles. The fourth-order valence-electron chi connectivity index (χ4n) is 1.58. The monoisotopic (exact) mass is 207 g/mol. The molecule has 1 fully saturated rings. The molecular formula is C11H13NO3. The molecule has 1 aromatic carbocycles. The molecule has 1 saturated heterocycles. The lowest BCUT2D eigenvalue weighted by Gasteiger charge is -2.23. The van der Waals surface area contributed by atoms with E-state index >= 15 is 0 Å². The average Bonchev–Trinajstić information content (AvgIpc) is 2.30. The van der Waals surface area contributed by atoms with Gasteiger partial charge in [-0.3, -0.25) is 0 Å². The third kappa shape index (κ3) is 2.21. The SMILES string of the molecule is COc1ccc(C2CNC(=O)OC2)cc1. The van der Waals surface area contributed by atoms with Crippen LogP contribution < -0.4 is 10.1 Å². The maximum atomic E-state index is 10.8. The number of nitrogens with one attached hydrogen (secondary N) is 1. The number of hydrogen-bond acceptors (Lipinski definition) is 3. The fourth-order valence-corrected chi connectivity index (χ4v) is 1.58. The molecule has 4 nitrogen and oxygen atoms in total. The molecule has 15 heavy (non-hydrogen) atoms. The van der Waals surface area contributed by atoms with Gasteiger partial charge in [-0.25, -0.2) is 4.79 Å². The number of ether oxygens (including phenoxy) is 2. The van der Waals surface area contributed by atoms with Crippen molar-refractivity contribution >= 4 is 6.09 Å². The highest BCUT2D eigenvalue weighted by Crippen LogP contribution is 2.20. The molecule has 0 aromatic heterocycles. The summed E-state index contributed by atoms with van der Waals surface area (Å²) in [4.78, 5) is 10.8. The molecule has 1 aliphatic heterocycles. The predicted molar refractivity (Wildman–Crippen MR) is 55.1 cm³/mol. The second-order valence-electron chi connectivity index (χ2n) is 3.45. The van der Waals surface area contributed by atoms with Crippen LogP contribution in [0.4, 0.5) is 4.79 Å². The van der Waals surface area contributed by atoms with Crippen LogP contribution in [0.5, 0.6) is 5.75 Å². The summed E-state index contributed by atoms with van der Waals surface area (Å²) in [5.74, 6) is 1.06. The summed E-state index contributed by atoms with van der Waals surface area (Å²) in [6, 6.07) is 7.80. The zero-order valence-electron chi connectivity index (χ0n) is 8.53. The number of carbonyl (C=O) groups is 1. The number of cyclic esters (lactones) is 1. The Bertz CT molecular complexity index is 337. The van der Waals surface area contributed by atoms with Gasteiger partial charge in [0.05, 0.1) is 7.11 Å². The molecule has 1 amide bonds. The lowest BCUT2D eigenvalue weighted by atomic mass is 9.99. The van der Waals surface area contributed by atoms with E-state index in [-0.39, 0.29) is 12.0 Å². The van der Waals surface area contributed by atoms with Gasteiger partial charge in [-0.15, -0.1) is 0 Å². The van der Waals surface area contributed by atoms with Crippen LogP contribution in [0.15, 0.2) is 24.3 Å². The standard InChI is InChI=1S/C11H13NO3/c1-14-10-4-2-8(3-5-10)9-6-12-11(13)15-7-9/h2-5,9H,6-7H2,1H3,(H,12,13). The van der Waals surface area contributed by atoms with Crippen molar-refractivity contribution in [1.29, 1.82) is 0 Å². The van der Waals surface area contributed by atoms with E-state index in [4.69, 9.17) is 9.47 Å². The zero-order chi connectivity index (χ0) is 10.7. The molecule has 2 rings (SSSR count). The molecule has 0 radical (unpaired) electrons. The van der Waals surface area contributed by atoms with Crippen LogP contribution in [-0.4, -0.2) is 26.4 Å². The molecule has 1 aliphatic rings. The largest absolute Gasteiger partial charge is 0.497 e. The number of benzene rings is 1. The lowest BCUT2D eigenvalue weighted by Crippen LogP contribution is -2.37. The van der Waals surface area contributed by atoms with E-state index in [9.17, 15) is 4.79 Å². The third-order valence-electron chi connectivity index (χ3n) is 2.50. The van der Waals surface area contributed by atoms with Crippen molar-refractivity contribution in [3.05, 3.63) is 29.8 Å². The number of carbonyl (C=O) groups excluding carboxylic acids is 1. The molecule has 4 heteroatoms. The van der Waals surface area contributed by atoms with Crippen molar-refractivity contribution in [1.82, 2.24) is 5.32 Å². The molecule has 80 valence electrons. The molecule has 1 N–H and O–H groups in total. The van der Waals surface area contributed by atoms with Crippen LogP contribution >= 0.6 is 0 Å². The van der Waals surface area contributed by atoms with Gasteiger partial charge in [0.1, 0.15) is 12.4 Å². The number of methoxy groups -OCH3 is 1. The van der Waals surface area contributed by atoms with Crippen molar-refractivity contribution in [2.45, 2.75) is 5.92 Å². The minimum absolute atomic E-state index is 0.230. The number of hydrogen-bond donors (Lipinski definition) is 1. The summed E-state index contributed by atoms with van der Waals surface area (Å²) in [5, 5.41) is 2.67. The van der Waals surface area contributed by atoms with Crippen molar-refractivity contribution in [2.75, 3.05) is 20.3 Å². The van der Waals surface area contributed by atoms with Crippen LogP contribution in [0.3, 0.4) is 0 Å². The van der Waals surface area contributed by atoms with E-state index in [2.05, 4.69) is 5.32 Å². The zero-order valence-corrected chi connectivity index (χ0v) is 8.53. The van der Waals surface area contributed by atoms with Crippen LogP contribution in [0, 0.1) is 0 Å². The van der Waals surface area contributed by atoms with Crippen LogP contribution in [0.2, 0.25) is 0 Å². The van der Waals surface area contributed by atoms with E-state index in [0.29, 0.717) is 13.2 Å². The van der Waals surface area contributed by atoms with Gasteiger partial charge in [-0.1, -0.05) is 12.1 Å². The average molecular weight is 207 g/mol. The third-order valence-corrected chi connectivity index (χ3v) is 2.50. The first kappa shape index (κ1) is 9.83. The van der Waals surface area contributed by atoms with Crippen LogP contribution in [0.25, 0.3) is 0 Å². The molecule has 1 unspecified atom stereocenters. The normalized spacial score (nSPS) is 20.3. The summed E-state index contributed by atoms with van der Waals surface area (Å²) >= 11 is 0. The molecule has 1 atom stereocenters. The Hall–Kier alpha value is -1.71. The van der Waals surface area contributed by atoms with Gasteiger partial charge in [0.15, 0.2) is 0 Å². The Morgan fingerprint density at radius 1 is 1.40 bits per heavy atom. The maximum Gasteiger partial charge on any atom is 0.407 e. The first-order valence-electron chi connectivity index (χ1n) is 4.84. The van der Waals surface area contributed by atoms with Gasteiger partial charge in [0, 0.05) is 12.5 Å². The second-order valence-corrected chi connectivity index (χ2v) is 3.45. The van der Waals surface area contributed by atoms with Gasteiger partial charge >= 0.3 is 6.09 Å². The van der Waals surface area contributed by atoms with E-state index in [0.717, 1.165) is 11.3 Å². The second kappa shape index (κ2) is 4.21. The van der Waals surface area contributed by atoms with Crippen LogP contribution in [0.1, 0.15) is 11.5 Å². The predicted octanol–water partition coefficient (Wildman–Crippen LogP) is 1.52. The molecule has 0 bridgehead atoms. The van der Waals surface area contributed by atoms with E-state index in [1.165, 1.54) is 0 Å². The Balaban J connectivity index is 2.06. The molecular weight excluding hydrogens is 194 g/mol. The van der Waals surface area contributed by atoms with Gasteiger partial charge in [0.2, 0.25) is 0 Å². The Morgan fingerprint density at radius 3 is 2.67 bits per heavy atom. The quantitative estimate of drug-likeness (QED) is 0.799. The lowest BCUT2D eigenvalue weighted by molar-refractivity contribution is 0.120.